The van der Waals surface area contributed by atoms with Gasteiger partial charge in [-0.15, -0.1) is 0 Å². The van der Waals surface area contributed by atoms with Crippen LogP contribution in [0, 0.1) is 13.8 Å². The van der Waals surface area contributed by atoms with Crippen molar-refractivity contribution in [1.82, 2.24) is 0 Å². The lowest BCUT2D eigenvalue weighted by Gasteiger charge is -2.34. The Bertz CT molecular complexity index is 1370. The van der Waals surface area contributed by atoms with Gasteiger partial charge in [0.2, 0.25) is 0 Å². The molecule has 0 spiro atoms. The fourth-order valence-corrected chi connectivity index (χ4v) is 5.81. The molecule has 7 rings (SSSR count). The average Bonchev–Trinajstić information content (AvgIpc) is 3.85. The van der Waals surface area contributed by atoms with Gasteiger partial charge in [0.15, 0.2) is 0 Å². The van der Waals surface area contributed by atoms with E-state index in [0.717, 1.165) is 35.8 Å². The Labute approximate surface area is 217 Å². The predicted molar refractivity (Wildman–Crippen MR) is 144 cm³/mol. The molecule has 4 aromatic carbocycles. The summed E-state index contributed by atoms with van der Waals surface area (Å²) in [4.78, 5) is 0. The third kappa shape index (κ3) is 3.83. The van der Waals surface area contributed by atoms with E-state index in [9.17, 15) is 0 Å². The Morgan fingerprint density at radius 3 is 1.49 bits per heavy atom. The highest BCUT2D eigenvalue weighted by Gasteiger charge is 2.46. The quantitative estimate of drug-likeness (QED) is 0.242. The van der Waals surface area contributed by atoms with Crippen LogP contribution in [0.3, 0.4) is 0 Å². The fourth-order valence-electron chi connectivity index (χ4n) is 5.81. The molecule has 186 valence electrons. The molecular weight excluding hydrogens is 460 g/mol. The van der Waals surface area contributed by atoms with Crippen molar-refractivity contribution in [2.45, 2.75) is 31.5 Å². The number of hydrogen-bond acceptors (Lipinski definition) is 4. The lowest BCUT2D eigenvalue weighted by Crippen LogP contribution is -2.29. The molecule has 4 aromatic rings. The first-order valence-electron chi connectivity index (χ1n) is 13.0. The van der Waals surface area contributed by atoms with Crippen LogP contribution < -0.4 is 9.47 Å². The third-order valence-corrected chi connectivity index (χ3v) is 7.82. The van der Waals surface area contributed by atoms with E-state index in [1.54, 1.807) is 0 Å². The van der Waals surface area contributed by atoms with E-state index in [1.807, 2.05) is 0 Å². The van der Waals surface area contributed by atoms with Crippen LogP contribution in [-0.2, 0) is 14.9 Å². The van der Waals surface area contributed by atoms with Crippen LogP contribution >= 0.6 is 0 Å². The van der Waals surface area contributed by atoms with E-state index in [4.69, 9.17) is 18.9 Å². The van der Waals surface area contributed by atoms with Gasteiger partial charge in [0.05, 0.1) is 18.6 Å². The van der Waals surface area contributed by atoms with Gasteiger partial charge in [0, 0.05) is 0 Å². The van der Waals surface area contributed by atoms with Gasteiger partial charge in [-0.25, -0.2) is 0 Å². The van der Waals surface area contributed by atoms with Crippen molar-refractivity contribution in [2.24, 2.45) is 0 Å². The van der Waals surface area contributed by atoms with Gasteiger partial charge in [0.25, 0.3) is 0 Å². The molecule has 1 aliphatic carbocycles. The number of rotatable bonds is 8. The molecule has 2 aliphatic heterocycles. The highest BCUT2D eigenvalue weighted by Crippen LogP contribution is 2.56. The van der Waals surface area contributed by atoms with Crippen molar-refractivity contribution in [3.63, 3.8) is 0 Å². The lowest BCUT2D eigenvalue weighted by atomic mass is 9.67. The first-order chi connectivity index (χ1) is 18.1. The maximum atomic E-state index is 6.09. The van der Waals surface area contributed by atoms with E-state index in [2.05, 4.69) is 98.8 Å². The van der Waals surface area contributed by atoms with Gasteiger partial charge in [0.1, 0.15) is 36.9 Å². The molecule has 2 fully saturated rings. The summed E-state index contributed by atoms with van der Waals surface area (Å²) in [6, 6.07) is 30.9. The smallest absolute Gasteiger partial charge is 0.122 e. The van der Waals surface area contributed by atoms with Gasteiger partial charge in [-0.3, -0.25) is 0 Å². The van der Waals surface area contributed by atoms with Crippen LogP contribution in [0.25, 0.3) is 11.1 Å². The second kappa shape index (κ2) is 8.76. The third-order valence-electron chi connectivity index (χ3n) is 7.82. The number of hydrogen-bond donors (Lipinski definition) is 0. The molecule has 1 unspecified atom stereocenters. The summed E-state index contributed by atoms with van der Waals surface area (Å²) in [5.74, 6) is 1.83. The normalized spacial score (nSPS) is 20.2. The van der Waals surface area contributed by atoms with E-state index in [0.29, 0.717) is 13.2 Å². The van der Waals surface area contributed by atoms with E-state index < -0.39 is 5.41 Å². The average molecular weight is 491 g/mol. The van der Waals surface area contributed by atoms with Crippen molar-refractivity contribution in [3.05, 3.63) is 118 Å². The molecule has 4 heteroatoms. The number of benzene rings is 4. The summed E-state index contributed by atoms with van der Waals surface area (Å²) in [6.07, 6.45) is 0.461. The number of epoxide rings is 2. The topological polar surface area (TPSA) is 43.5 Å². The summed E-state index contributed by atoms with van der Waals surface area (Å²) in [6.45, 7) is 7.05. The Morgan fingerprint density at radius 1 is 0.649 bits per heavy atom. The lowest BCUT2D eigenvalue weighted by molar-refractivity contribution is 0.261. The maximum Gasteiger partial charge on any atom is 0.122 e. The molecule has 37 heavy (non-hydrogen) atoms. The summed E-state index contributed by atoms with van der Waals surface area (Å²) in [7, 11) is 0. The molecule has 0 aromatic heterocycles. The van der Waals surface area contributed by atoms with Gasteiger partial charge >= 0.3 is 0 Å². The molecule has 0 saturated carbocycles. The Balaban J connectivity index is 1.40. The minimum Gasteiger partial charge on any atom is -0.491 e. The molecule has 0 amide bonds. The fraction of sp³-hybridized carbons (Fsp3) is 0.273. The largest absolute Gasteiger partial charge is 0.491 e. The van der Waals surface area contributed by atoms with E-state index >= 15 is 0 Å². The van der Waals surface area contributed by atoms with Crippen LogP contribution in [0.1, 0.15) is 33.4 Å². The monoisotopic (exact) mass is 490 g/mol. The number of fused-ring (bicyclic) bond motifs is 3. The molecule has 0 radical (unpaired) electrons. The standard InChI is InChI=1S/C33H30O4/c1-21-15-23(11-13-31(21)36-19-25-17-34-25)33(24-12-14-32(22(2)16-24)37-20-26-18-35-26)29-9-5-3-7-27(29)28-8-4-6-10-30(28)33/h3-16,25-26H,17-20H2,1-2H3/t25-,26?/m0/s1. The highest BCUT2D eigenvalue weighted by atomic mass is 16.6. The van der Waals surface area contributed by atoms with Crippen molar-refractivity contribution in [2.75, 3.05) is 26.4 Å². The zero-order chi connectivity index (χ0) is 25.0. The SMILES string of the molecule is Cc1cc(C2(c3ccc(OC[C@@H]4CO4)c(C)c3)c3ccccc3-c3ccccc32)ccc1OCC1CO1. The molecule has 2 atom stereocenters. The Hall–Kier alpha value is -3.60. The van der Waals surface area contributed by atoms with Crippen molar-refractivity contribution < 1.29 is 18.9 Å². The van der Waals surface area contributed by atoms with Crippen LogP contribution in [0.2, 0.25) is 0 Å². The second-order valence-corrected chi connectivity index (χ2v) is 10.3. The summed E-state index contributed by atoms with van der Waals surface area (Å²) in [5, 5.41) is 0. The first-order valence-corrected chi connectivity index (χ1v) is 13.0. The summed E-state index contributed by atoms with van der Waals surface area (Å²) >= 11 is 0. The second-order valence-electron chi connectivity index (χ2n) is 10.3. The maximum absolute atomic E-state index is 6.09. The van der Waals surface area contributed by atoms with Gasteiger partial charge in [-0.05, 0) is 70.5 Å². The van der Waals surface area contributed by atoms with Crippen LogP contribution in [0.15, 0.2) is 84.9 Å². The first kappa shape index (κ1) is 22.6. The zero-order valence-electron chi connectivity index (χ0n) is 21.2. The van der Waals surface area contributed by atoms with Crippen LogP contribution in [0.4, 0.5) is 0 Å². The minimum atomic E-state index is -0.445. The van der Waals surface area contributed by atoms with Crippen LogP contribution in [-0.4, -0.2) is 38.6 Å². The number of aryl methyl sites for hydroxylation is 2. The molecule has 2 heterocycles. The van der Waals surface area contributed by atoms with E-state index in [-0.39, 0.29) is 12.2 Å². The minimum absolute atomic E-state index is 0.231. The van der Waals surface area contributed by atoms with Crippen molar-refractivity contribution in [3.8, 4) is 22.6 Å². The molecular formula is C33H30O4. The van der Waals surface area contributed by atoms with Crippen molar-refractivity contribution in [1.29, 1.82) is 0 Å². The van der Waals surface area contributed by atoms with E-state index in [1.165, 1.54) is 33.4 Å². The van der Waals surface area contributed by atoms with Gasteiger partial charge in [-0.1, -0.05) is 72.8 Å². The molecule has 0 N–H and O–H groups in total. The predicted octanol–water partition coefficient (Wildman–Crippen LogP) is 6.22. The molecule has 3 aliphatic rings. The summed E-state index contributed by atoms with van der Waals surface area (Å²) < 4.78 is 22.9. The highest BCUT2D eigenvalue weighted by molar-refractivity contribution is 5.86. The van der Waals surface area contributed by atoms with Crippen molar-refractivity contribution >= 4 is 0 Å². The Kier molecular flexibility index (Phi) is 5.35. The number of ether oxygens (including phenoxy) is 4. The van der Waals surface area contributed by atoms with Gasteiger partial charge in [-0.2, -0.15) is 0 Å². The van der Waals surface area contributed by atoms with Gasteiger partial charge < -0.3 is 18.9 Å². The summed E-state index contributed by atoms with van der Waals surface area (Å²) in [5.41, 5.74) is 9.44. The molecule has 0 bridgehead atoms. The van der Waals surface area contributed by atoms with Crippen LogP contribution in [0.5, 0.6) is 11.5 Å². The zero-order valence-corrected chi connectivity index (χ0v) is 21.2. The Morgan fingerprint density at radius 2 is 1.08 bits per heavy atom. The molecule has 2 saturated heterocycles. The molecule has 4 nitrogen and oxygen atoms in total.